The summed E-state index contributed by atoms with van der Waals surface area (Å²) in [4.78, 5) is 13.9. The Labute approximate surface area is 256 Å². The van der Waals surface area contributed by atoms with Crippen LogP contribution in [0.4, 0.5) is 4.39 Å². The zero-order valence-corrected chi connectivity index (χ0v) is 26.1. The molecule has 2 atom stereocenters. The first-order valence-electron chi connectivity index (χ1n) is 15.7. The van der Waals surface area contributed by atoms with E-state index in [2.05, 4.69) is 28.8 Å². The van der Waals surface area contributed by atoms with Crippen LogP contribution in [0.3, 0.4) is 0 Å². The molecule has 43 heavy (non-hydrogen) atoms. The number of sulfonamides is 1. The molecule has 8 heteroatoms. The van der Waals surface area contributed by atoms with E-state index in [0.29, 0.717) is 11.6 Å². The average molecular weight is 606 g/mol. The van der Waals surface area contributed by atoms with Crippen LogP contribution in [0, 0.1) is 11.7 Å². The maximum atomic E-state index is 14.0. The standard InChI is InChI=1S/C35H44FN3O3S/c1-25(2)24-39(43(41,42)31-12-4-3-5-13-31)34(27-16-18-29(36)19-17-27)22-35(40)38-33-14-8-9-28-21-26(15-20-32(28)33)23-37-30-10-6-7-11-30/h3-5,12-13,15-21,25,30,33-34,37H,6-11,14,22-24H2,1-2H3,(H,38,40). The second-order valence-electron chi connectivity index (χ2n) is 12.5. The summed E-state index contributed by atoms with van der Waals surface area (Å²) in [6.45, 7) is 4.98. The number of amides is 1. The van der Waals surface area contributed by atoms with E-state index < -0.39 is 21.9 Å². The third kappa shape index (κ3) is 7.91. The van der Waals surface area contributed by atoms with E-state index in [-0.39, 0.29) is 35.7 Å². The number of rotatable bonds is 12. The summed E-state index contributed by atoms with van der Waals surface area (Å²) in [6.07, 6.45) is 7.82. The van der Waals surface area contributed by atoms with Crippen molar-refractivity contribution < 1.29 is 17.6 Å². The van der Waals surface area contributed by atoms with Gasteiger partial charge in [-0.3, -0.25) is 4.79 Å². The minimum atomic E-state index is -3.94. The molecule has 3 aromatic rings. The fourth-order valence-electron chi connectivity index (χ4n) is 6.50. The molecule has 3 aromatic carbocycles. The summed E-state index contributed by atoms with van der Waals surface area (Å²) in [5.41, 5.74) is 4.26. The Bertz CT molecular complexity index is 1470. The van der Waals surface area contributed by atoms with Crippen molar-refractivity contribution in [2.75, 3.05) is 6.54 Å². The van der Waals surface area contributed by atoms with E-state index in [1.165, 1.54) is 53.2 Å². The molecule has 0 spiro atoms. The van der Waals surface area contributed by atoms with Gasteiger partial charge in [-0.1, -0.05) is 75.2 Å². The summed E-state index contributed by atoms with van der Waals surface area (Å²) >= 11 is 0. The van der Waals surface area contributed by atoms with Gasteiger partial charge in [0.15, 0.2) is 0 Å². The van der Waals surface area contributed by atoms with Gasteiger partial charge in [-0.15, -0.1) is 0 Å². The molecule has 1 amide bonds. The molecule has 2 aliphatic carbocycles. The van der Waals surface area contributed by atoms with E-state index in [9.17, 15) is 17.6 Å². The molecule has 0 aromatic heterocycles. The summed E-state index contributed by atoms with van der Waals surface area (Å²) in [7, 11) is -3.94. The average Bonchev–Trinajstić information content (AvgIpc) is 3.52. The van der Waals surface area contributed by atoms with Crippen molar-refractivity contribution in [2.24, 2.45) is 5.92 Å². The van der Waals surface area contributed by atoms with E-state index in [4.69, 9.17) is 0 Å². The van der Waals surface area contributed by atoms with Crippen molar-refractivity contribution in [3.63, 3.8) is 0 Å². The zero-order valence-electron chi connectivity index (χ0n) is 25.3. The van der Waals surface area contributed by atoms with E-state index >= 15 is 0 Å². The van der Waals surface area contributed by atoms with Crippen molar-refractivity contribution >= 4 is 15.9 Å². The van der Waals surface area contributed by atoms with Gasteiger partial charge in [0.05, 0.1) is 17.0 Å². The molecule has 0 radical (unpaired) electrons. The Kier molecular flexibility index (Phi) is 10.3. The van der Waals surface area contributed by atoms with Gasteiger partial charge < -0.3 is 10.6 Å². The number of carbonyl (C=O) groups excluding carboxylic acids is 1. The molecule has 230 valence electrons. The molecule has 6 nitrogen and oxygen atoms in total. The minimum Gasteiger partial charge on any atom is -0.349 e. The Balaban J connectivity index is 1.37. The molecule has 1 saturated carbocycles. The molecular formula is C35H44FN3O3S. The number of aryl methyl sites for hydroxylation is 1. The van der Waals surface area contributed by atoms with E-state index in [1.807, 2.05) is 13.8 Å². The monoisotopic (exact) mass is 605 g/mol. The lowest BCUT2D eigenvalue weighted by molar-refractivity contribution is -0.122. The minimum absolute atomic E-state index is 0.00655. The lowest BCUT2D eigenvalue weighted by Gasteiger charge is -2.33. The third-order valence-electron chi connectivity index (χ3n) is 8.68. The predicted molar refractivity (Wildman–Crippen MR) is 168 cm³/mol. The molecule has 2 N–H and O–H groups in total. The number of fused-ring (bicyclic) bond motifs is 1. The van der Waals surface area contributed by atoms with Crippen LogP contribution < -0.4 is 10.6 Å². The Morgan fingerprint density at radius 2 is 1.67 bits per heavy atom. The Hall–Kier alpha value is -3.07. The van der Waals surface area contributed by atoms with Crippen LogP contribution in [-0.4, -0.2) is 31.2 Å². The highest BCUT2D eigenvalue weighted by Crippen LogP contribution is 2.34. The van der Waals surface area contributed by atoms with E-state index in [0.717, 1.165) is 31.4 Å². The van der Waals surface area contributed by atoms with Crippen LogP contribution in [0.1, 0.15) is 93.1 Å². The fraction of sp³-hybridized carbons (Fsp3) is 0.457. The molecule has 2 aliphatic rings. The molecule has 0 bridgehead atoms. The number of hydrogen-bond acceptors (Lipinski definition) is 4. The van der Waals surface area contributed by atoms with Gasteiger partial charge in [0.25, 0.3) is 0 Å². The Morgan fingerprint density at radius 1 is 0.953 bits per heavy atom. The first-order valence-corrected chi connectivity index (χ1v) is 17.1. The molecular weight excluding hydrogens is 561 g/mol. The van der Waals surface area contributed by atoms with Crippen molar-refractivity contribution in [1.82, 2.24) is 14.9 Å². The number of nitrogens with one attached hydrogen (secondary N) is 2. The van der Waals surface area contributed by atoms with Crippen LogP contribution in [-0.2, 0) is 27.8 Å². The first kappa shape index (κ1) is 31.4. The summed E-state index contributed by atoms with van der Waals surface area (Å²) in [6, 6.07) is 20.4. The number of hydrogen-bond donors (Lipinski definition) is 2. The van der Waals surface area contributed by atoms with Gasteiger partial charge in [-0.25, -0.2) is 12.8 Å². The molecule has 1 fully saturated rings. The quantitative estimate of drug-likeness (QED) is 0.237. The normalized spacial score (nSPS) is 18.1. The highest BCUT2D eigenvalue weighted by atomic mass is 32.2. The largest absolute Gasteiger partial charge is 0.349 e. The molecule has 0 aliphatic heterocycles. The first-order chi connectivity index (χ1) is 20.7. The number of benzene rings is 3. The van der Waals surface area contributed by atoms with Gasteiger partial charge in [-0.05, 0) is 84.5 Å². The maximum absolute atomic E-state index is 14.0. The molecule has 2 unspecified atom stereocenters. The van der Waals surface area contributed by atoms with Gasteiger partial charge in [-0.2, -0.15) is 4.31 Å². The van der Waals surface area contributed by atoms with Crippen molar-refractivity contribution in [3.05, 3.63) is 101 Å². The fourth-order valence-corrected chi connectivity index (χ4v) is 8.30. The third-order valence-corrected chi connectivity index (χ3v) is 10.6. The Morgan fingerprint density at radius 3 is 2.37 bits per heavy atom. The second kappa shape index (κ2) is 14.1. The summed E-state index contributed by atoms with van der Waals surface area (Å²) in [5, 5.41) is 6.92. The lowest BCUT2D eigenvalue weighted by atomic mass is 9.86. The lowest BCUT2D eigenvalue weighted by Crippen LogP contribution is -2.41. The van der Waals surface area contributed by atoms with Crippen LogP contribution in [0.5, 0.6) is 0 Å². The molecule has 0 saturated heterocycles. The van der Waals surface area contributed by atoms with Crippen molar-refractivity contribution in [2.45, 2.75) is 94.8 Å². The van der Waals surface area contributed by atoms with Crippen molar-refractivity contribution in [1.29, 1.82) is 0 Å². The summed E-state index contributed by atoms with van der Waals surface area (Å²) < 4.78 is 43.3. The molecule has 5 rings (SSSR count). The SMILES string of the molecule is CC(C)CN(C(CC(=O)NC1CCCc2cc(CNC3CCCC3)ccc21)c1ccc(F)cc1)S(=O)(=O)c1ccccc1. The number of halogens is 1. The van der Waals surface area contributed by atoms with Crippen LogP contribution >= 0.6 is 0 Å². The van der Waals surface area contributed by atoms with E-state index in [1.54, 1.807) is 42.5 Å². The van der Waals surface area contributed by atoms with Crippen molar-refractivity contribution in [3.8, 4) is 0 Å². The highest BCUT2D eigenvalue weighted by Gasteiger charge is 2.35. The van der Waals surface area contributed by atoms with Crippen LogP contribution in [0.25, 0.3) is 0 Å². The number of carbonyl (C=O) groups is 1. The topological polar surface area (TPSA) is 78.5 Å². The predicted octanol–water partition coefficient (Wildman–Crippen LogP) is 6.83. The second-order valence-corrected chi connectivity index (χ2v) is 14.4. The molecule has 0 heterocycles. The highest BCUT2D eigenvalue weighted by molar-refractivity contribution is 7.89. The summed E-state index contributed by atoms with van der Waals surface area (Å²) in [5.74, 6) is -0.631. The smallest absolute Gasteiger partial charge is 0.243 e. The zero-order chi connectivity index (χ0) is 30.4. The van der Waals surface area contributed by atoms with Crippen LogP contribution in [0.2, 0.25) is 0 Å². The number of nitrogens with zero attached hydrogens (tertiary/aromatic N) is 1. The van der Waals surface area contributed by atoms with Crippen LogP contribution in [0.15, 0.2) is 77.7 Å². The van der Waals surface area contributed by atoms with Gasteiger partial charge in [0, 0.05) is 25.6 Å². The van der Waals surface area contributed by atoms with Gasteiger partial charge in [0.1, 0.15) is 5.82 Å². The maximum Gasteiger partial charge on any atom is 0.243 e. The van der Waals surface area contributed by atoms with Gasteiger partial charge in [0.2, 0.25) is 15.9 Å². The van der Waals surface area contributed by atoms with Gasteiger partial charge >= 0.3 is 0 Å².